The second-order valence-electron chi connectivity index (χ2n) is 5.17. The number of nitrogens with one attached hydrogen (secondary N) is 1. The normalized spacial score (nSPS) is 10.2. The van der Waals surface area contributed by atoms with Crippen LogP contribution >= 0.6 is 11.6 Å². The zero-order valence-electron chi connectivity index (χ0n) is 14.2. The second kappa shape index (κ2) is 9.07. The molecule has 0 aromatic heterocycles. The summed E-state index contributed by atoms with van der Waals surface area (Å²) in [5, 5.41) is 11.8. The molecule has 7 nitrogen and oxygen atoms in total. The highest BCUT2D eigenvalue weighted by atomic mass is 35.5. The van der Waals surface area contributed by atoms with E-state index >= 15 is 0 Å². The molecule has 0 bridgehead atoms. The maximum absolute atomic E-state index is 12.0. The average molecular weight is 380 g/mol. The fourth-order valence-corrected chi connectivity index (χ4v) is 2.35. The summed E-state index contributed by atoms with van der Waals surface area (Å²) in [4.78, 5) is 24.0. The summed E-state index contributed by atoms with van der Waals surface area (Å²) in [5.74, 6) is -0.445. The van der Waals surface area contributed by atoms with E-state index in [1.807, 2.05) is 0 Å². The number of anilines is 1. The molecule has 0 heterocycles. The van der Waals surface area contributed by atoms with Crippen molar-refractivity contribution < 1.29 is 28.9 Å². The van der Waals surface area contributed by atoms with Gasteiger partial charge in [-0.25, -0.2) is 4.79 Å². The average Bonchev–Trinajstić information content (AvgIpc) is 2.66. The molecule has 8 heteroatoms. The van der Waals surface area contributed by atoms with Gasteiger partial charge in [-0.2, -0.15) is 0 Å². The molecule has 0 saturated carbocycles. The van der Waals surface area contributed by atoms with Crippen LogP contribution in [-0.2, 0) is 16.1 Å². The maximum atomic E-state index is 12.0. The van der Waals surface area contributed by atoms with Crippen molar-refractivity contribution in [2.45, 2.75) is 6.61 Å². The lowest BCUT2D eigenvalue weighted by Crippen LogP contribution is -2.21. The van der Waals surface area contributed by atoms with Crippen molar-refractivity contribution in [3.63, 3.8) is 0 Å². The maximum Gasteiger partial charge on any atom is 0.338 e. The van der Waals surface area contributed by atoms with Gasteiger partial charge in [0.15, 0.2) is 6.61 Å². The van der Waals surface area contributed by atoms with Crippen LogP contribution in [0, 0.1) is 0 Å². The first-order valence-electron chi connectivity index (χ1n) is 7.56. The quantitative estimate of drug-likeness (QED) is 0.718. The Labute approximate surface area is 155 Å². The lowest BCUT2D eigenvalue weighted by atomic mass is 10.1. The molecule has 0 fully saturated rings. The van der Waals surface area contributed by atoms with Crippen molar-refractivity contribution in [1.82, 2.24) is 0 Å². The fourth-order valence-electron chi connectivity index (χ4n) is 2.10. The van der Waals surface area contributed by atoms with Crippen molar-refractivity contribution in [2.75, 3.05) is 26.1 Å². The molecule has 0 aliphatic rings. The molecule has 0 atom stereocenters. The van der Waals surface area contributed by atoms with E-state index in [1.165, 1.54) is 38.5 Å². The highest BCUT2D eigenvalue weighted by Crippen LogP contribution is 2.35. The predicted octanol–water partition coefficient (Wildman–Crippen LogP) is 2.65. The first kappa shape index (κ1) is 19.6. The van der Waals surface area contributed by atoms with Crippen LogP contribution in [0.1, 0.15) is 15.9 Å². The summed E-state index contributed by atoms with van der Waals surface area (Å²) in [6.45, 7) is -0.600. The third kappa shape index (κ3) is 4.87. The number of aliphatic hydroxyl groups excluding tert-OH is 1. The number of ether oxygens (including phenoxy) is 3. The number of amides is 1. The number of carbonyl (C=O) groups excluding carboxylic acids is 2. The molecular formula is C18H18ClNO6. The SMILES string of the molecule is COc1cc(OC)c(NC(=O)COC(=O)c2ccc(CO)cc2)cc1Cl. The van der Waals surface area contributed by atoms with E-state index in [0.29, 0.717) is 27.8 Å². The highest BCUT2D eigenvalue weighted by Gasteiger charge is 2.14. The number of aliphatic hydroxyl groups is 1. The van der Waals surface area contributed by atoms with Crippen molar-refractivity contribution >= 4 is 29.2 Å². The Balaban J connectivity index is 1.98. The fraction of sp³-hybridized carbons (Fsp3) is 0.222. The molecule has 0 aliphatic carbocycles. The van der Waals surface area contributed by atoms with E-state index in [4.69, 9.17) is 30.9 Å². The van der Waals surface area contributed by atoms with Gasteiger partial charge in [-0.1, -0.05) is 23.7 Å². The topological polar surface area (TPSA) is 94.1 Å². The Kier molecular flexibility index (Phi) is 6.82. The van der Waals surface area contributed by atoms with Gasteiger partial charge in [0, 0.05) is 6.07 Å². The van der Waals surface area contributed by atoms with Crippen LogP contribution in [0.25, 0.3) is 0 Å². The standard InChI is InChI=1S/C18H18ClNO6/c1-24-15-8-16(25-2)14(7-13(15)19)20-17(22)10-26-18(23)12-5-3-11(9-21)4-6-12/h3-8,21H,9-10H2,1-2H3,(H,20,22). The molecule has 2 aromatic carbocycles. The first-order chi connectivity index (χ1) is 12.5. The number of hydrogen-bond acceptors (Lipinski definition) is 6. The van der Waals surface area contributed by atoms with Crippen LogP contribution in [0.5, 0.6) is 11.5 Å². The van der Waals surface area contributed by atoms with E-state index < -0.39 is 18.5 Å². The smallest absolute Gasteiger partial charge is 0.338 e. The van der Waals surface area contributed by atoms with Crippen LogP contribution < -0.4 is 14.8 Å². The molecular weight excluding hydrogens is 362 g/mol. The minimum absolute atomic E-state index is 0.121. The summed E-state index contributed by atoms with van der Waals surface area (Å²) in [6, 6.07) is 9.23. The molecule has 0 unspecified atom stereocenters. The third-order valence-corrected chi connectivity index (χ3v) is 3.75. The van der Waals surface area contributed by atoms with Gasteiger partial charge in [0.05, 0.1) is 37.1 Å². The van der Waals surface area contributed by atoms with Gasteiger partial charge in [0.2, 0.25) is 0 Å². The molecule has 0 aliphatic heterocycles. The van der Waals surface area contributed by atoms with Crippen molar-refractivity contribution in [2.24, 2.45) is 0 Å². The van der Waals surface area contributed by atoms with E-state index in [9.17, 15) is 9.59 Å². The van der Waals surface area contributed by atoms with Gasteiger partial charge in [-0.15, -0.1) is 0 Å². The van der Waals surface area contributed by atoms with Crippen LogP contribution in [0.4, 0.5) is 5.69 Å². The number of methoxy groups -OCH3 is 2. The minimum atomic E-state index is -0.649. The molecule has 2 aromatic rings. The molecule has 0 radical (unpaired) electrons. The van der Waals surface area contributed by atoms with Gasteiger partial charge in [-0.3, -0.25) is 4.79 Å². The van der Waals surface area contributed by atoms with Crippen LogP contribution in [-0.4, -0.2) is 37.8 Å². The summed E-state index contributed by atoms with van der Waals surface area (Å²) >= 11 is 6.04. The van der Waals surface area contributed by atoms with E-state index in [-0.39, 0.29) is 12.2 Å². The molecule has 1 amide bonds. The largest absolute Gasteiger partial charge is 0.495 e. The number of carbonyl (C=O) groups is 2. The molecule has 26 heavy (non-hydrogen) atoms. The van der Waals surface area contributed by atoms with Gasteiger partial charge < -0.3 is 24.6 Å². The van der Waals surface area contributed by atoms with Gasteiger partial charge >= 0.3 is 5.97 Å². The van der Waals surface area contributed by atoms with Crippen LogP contribution in [0.2, 0.25) is 5.02 Å². The Morgan fingerprint density at radius 1 is 1.08 bits per heavy atom. The summed E-state index contributed by atoms with van der Waals surface area (Å²) < 4.78 is 15.2. The van der Waals surface area contributed by atoms with Gasteiger partial charge in [-0.05, 0) is 23.8 Å². The Bertz CT molecular complexity index is 791. The van der Waals surface area contributed by atoms with E-state index in [1.54, 1.807) is 12.1 Å². The lowest BCUT2D eigenvalue weighted by molar-refractivity contribution is -0.119. The molecule has 138 valence electrons. The molecule has 2 N–H and O–H groups in total. The first-order valence-corrected chi connectivity index (χ1v) is 7.94. The zero-order chi connectivity index (χ0) is 19.1. The number of esters is 1. The third-order valence-electron chi connectivity index (χ3n) is 3.45. The molecule has 2 rings (SSSR count). The van der Waals surface area contributed by atoms with Gasteiger partial charge in [0.1, 0.15) is 11.5 Å². The summed E-state index contributed by atoms with van der Waals surface area (Å²) in [7, 11) is 2.90. The van der Waals surface area contributed by atoms with Crippen molar-refractivity contribution in [3.05, 3.63) is 52.5 Å². The molecule has 0 saturated heterocycles. The predicted molar refractivity (Wildman–Crippen MR) is 95.8 cm³/mol. The number of halogens is 1. The zero-order valence-corrected chi connectivity index (χ0v) is 15.0. The summed E-state index contributed by atoms with van der Waals surface area (Å²) in [6.07, 6.45) is 0. The van der Waals surface area contributed by atoms with E-state index in [0.717, 1.165) is 0 Å². The Hall–Kier alpha value is -2.77. The van der Waals surface area contributed by atoms with Crippen LogP contribution in [0.3, 0.4) is 0 Å². The Morgan fingerprint density at radius 3 is 2.31 bits per heavy atom. The Morgan fingerprint density at radius 2 is 1.73 bits per heavy atom. The summed E-state index contributed by atoms with van der Waals surface area (Å²) in [5.41, 5.74) is 1.27. The minimum Gasteiger partial charge on any atom is -0.495 e. The van der Waals surface area contributed by atoms with E-state index in [2.05, 4.69) is 5.32 Å². The second-order valence-corrected chi connectivity index (χ2v) is 5.57. The van der Waals surface area contributed by atoms with Crippen molar-refractivity contribution in [3.8, 4) is 11.5 Å². The van der Waals surface area contributed by atoms with Crippen LogP contribution in [0.15, 0.2) is 36.4 Å². The van der Waals surface area contributed by atoms with Crippen molar-refractivity contribution in [1.29, 1.82) is 0 Å². The molecule has 0 spiro atoms. The van der Waals surface area contributed by atoms with Gasteiger partial charge in [0.25, 0.3) is 5.91 Å². The number of rotatable bonds is 7. The number of hydrogen-bond donors (Lipinski definition) is 2. The lowest BCUT2D eigenvalue weighted by Gasteiger charge is -2.13. The monoisotopic (exact) mass is 379 g/mol. The highest BCUT2D eigenvalue weighted by molar-refractivity contribution is 6.32. The number of benzene rings is 2.